The van der Waals surface area contributed by atoms with Crippen LogP contribution in [0.25, 0.3) is 11.0 Å². The molecule has 1 heterocycles. The fourth-order valence-electron chi connectivity index (χ4n) is 3.88. The molecule has 0 unspecified atom stereocenters. The van der Waals surface area contributed by atoms with Crippen LogP contribution >= 0.6 is 0 Å². The molecule has 1 aromatic heterocycles. The van der Waals surface area contributed by atoms with Gasteiger partial charge in [0.15, 0.2) is 6.04 Å². The smallest absolute Gasteiger partial charge is 0.336 e. The Kier molecular flexibility index (Phi) is 6.85. The van der Waals surface area contributed by atoms with Crippen molar-refractivity contribution in [3.63, 3.8) is 0 Å². The Morgan fingerprint density at radius 1 is 1.07 bits per heavy atom. The van der Waals surface area contributed by atoms with E-state index in [2.05, 4.69) is 49.5 Å². The van der Waals surface area contributed by atoms with Crippen LogP contribution in [-0.4, -0.2) is 26.7 Å². The molecular weight excluding hydrogens is 352 g/mol. The van der Waals surface area contributed by atoms with Crippen LogP contribution in [0.4, 0.5) is 0 Å². The summed E-state index contributed by atoms with van der Waals surface area (Å²) in [7, 11) is 1.61. The quantitative estimate of drug-likeness (QED) is 0.552. The van der Waals surface area contributed by atoms with Gasteiger partial charge in [-0.2, -0.15) is 0 Å². The van der Waals surface area contributed by atoms with E-state index in [1.54, 1.807) is 24.1 Å². The molecule has 0 saturated heterocycles. The van der Waals surface area contributed by atoms with E-state index < -0.39 is 0 Å². The molecule has 5 heteroatoms. The zero-order chi connectivity index (χ0) is 19.9. The van der Waals surface area contributed by atoms with E-state index in [-0.39, 0.29) is 5.63 Å². The molecule has 148 valence electrons. The van der Waals surface area contributed by atoms with Crippen molar-refractivity contribution in [1.29, 1.82) is 0 Å². The van der Waals surface area contributed by atoms with E-state index in [0.717, 1.165) is 37.1 Å². The maximum absolute atomic E-state index is 12.0. The highest BCUT2D eigenvalue weighted by Gasteiger charge is 2.23. The molecule has 28 heavy (non-hydrogen) atoms. The summed E-state index contributed by atoms with van der Waals surface area (Å²) in [4.78, 5) is 13.6. The predicted molar refractivity (Wildman–Crippen MR) is 111 cm³/mol. The first kappa shape index (κ1) is 20.1. The monoisotopic (exact) mass is 382 g/mol. The minimum absolute atomic E-state index is 0.321. The fraction of sp³-hybridized carbons (Fsp3) is 0.348. The first-order valence-corrected chi connectivity index (χ1v) is 9.98. The maximum atomic E-state index is 12.0. The number of ether oxygens (including phenoxy) is 1. The van der Waals surface area contributed by atoms with Gasteiger partial charge in [-0.3, -0.25) is 0 Å². The number of rotatable bonds is 9. The molecule has 3 rings (SSSR count). The average molecular weight is 383 g/mol. The van der Waals surface area contributed by atoms with Crippen molar-refractivity contribution in [2.75, 3.05) is 26.7 Å². The maximum Gasteiger partial charge on any atom is 0.336 e. The predicted octanol–water partition coefficient (Wildman–Crippen LogP) is 1.53. The van der Waals surface area contributed by atoms with Gasteiger partial charge >= 0.3 is 5.63 Å². The largest absolute Gasteiger partial charge is 0.497 e. The molecule has 0 amide bonds. The molecule has 5 nitrogen and oxygen atoms in total. The minimum Gasteiger partial charge on any atom is -0.497 e. The molecule has 0 saturated carbocycles. The molecule has 1 atom stereocenters. The number of hydrogen-bond donors (Lipinski definition) is 2. The van der Waals surface area contributed by atoms with Crippen LogP contribution < -0.4 is 20.6 Å². The topological polar surface area (TPSA) is 60.5 Å². The third-order valence-electron chi connectivity index (χ3n) is 5.41. The van der Waals surface area contributed by atoms with Gasteiger partial charge < -0.3 is 19.4 Å². The van der Waals surface area contributed by atoms with Crippen LogP contribution in [0.1, 0.15) is 31.0 Å². The van der Waals surface area contributed by atoms with Crippen molar-refractivity contribution in [2.45, 2.75) is 26.4 Å². The van der Waals surface area contributed by atoms with Gasteiger partial charge in [-0.15, -0.1) is 0 Å². The molecule has 0 spiro atoms. The normalized spacial score (nSPS) is 12.4. The summed E-state index contributed by atoms with van der Waals surface area (Å²) in [5, 5.41) is 3.25. The Bertz CT molecular complexity index is 949. The van der Waals surface area contributed by atoms with Gasteiger partial charge in [0, 0.05) is 28.6 Å². The molecule has 3 aromatic rings. The van der Waals surface area contributed by atoms with Crippen LogP contribution in [0.3, 0.4) is 0 Å². The summed E-state index contributed by atoms with van der Waals surface area (Å²) in [5.41, 5.74) is 2.61. The molecule has 0 aliphatic carbocycles. The van der Waals surface area contributed by atoms with Crippen LogP contribution in [0.2, 0.25) is 0 Å². The number of benzene rings is 2. The standard InChI is InChI=1S/C23H28N2O3/c1-4-25(5-2)21(17-9-7-6-8-10-17)16-24-15-18-13-23(26)28-22-14-19(27-3)11-12-20(18)22/h6-14,21,24H,4-5,15-16H2,1-3H3/p+2/t21-/m1/s1. The van der Waals surface area contributed by atoms with E-state index in [1.807, 2.05) is 12.1 Å². The van der Waals surface area contributed by atoms with Crippen molar-refractivity contribution in [3.8, 4) is 5.75 Å². The number of nitrogens with two attached hydrogens (primary N) is 1. The van der Waals surface area contributed by atoms with Crippen molar-refractivity contribution < 1.29 is 19.4 Å². The van der Waals surface area contributed by atoms with Gasteiger partial charge in [0.25, 0.3) is 0 Å². The van der Waals surface area contributed by atoms with Gasteiger partial charge in [0.2, 0.25) is 0 Å². The van der Waals surface area contributed by atoms with E-state index in [4.69, 9.17) is 9.15 Å². The average Bonchev–Trinajstić information content (AvgIpc) is 2.73. The first-order chi connectivity index (χ1) is 13.7. The van der Waals surface area contributed by atoms with Gasteiger partial charge in [-0.25, -0.2) is 4.79 Å². The summed E-state index contributed by atoms with van der Waals surface area (Å²) in [6, 6.07) is 18.4. The highest BCUT2D eigenvalue weighted by molar-refractivity contribution is 5.81. The van der Waals surface area contributed by atoms with Crippen molar-refractivity contribution in [1.82, 2.24) is 0 Å². The third kappa shape index (κ3) is 4.61. The number of methoxy groups -OCH3 is 1. The Labute approximate surface area is 165 Å². The molecule has 0 aliphatic rings. The van der Waals surface area contributed by atoms with Gasteiger partial charge in [-0.05, 0) is 26.0 Å². The molecular formula is C23H30N2O3+2. The Hall–Kier alpha value is -2.63. The highest BCUT2D eigenvalue weighted by Crippen LogP contribution is 2.22. The second-order valence-electron chi connectivity index (χ2n) is 7.01. The molecule has 3 N–H and O–H groups in total. The van der Waals surface area contributed by atoms with Crippen LogP contribution in [0, 0.1) is 0 Å². The number of quaternary nitrogens is 2. The first-order valence-electron chi connectivity index (χ1n) is 9.98. The van der Waals surface area contributed by atoms with Gasteiger partial charge in [0.05, 0.1) is 20.2 Å². The Morgan fingerprint density at radius 3 is 2.50 bits per heavy atom. The highest BCUT2D eigenvalue weighted by atomic mass is 16.5. The SMILES string of the molecule is CC[NH+](CC)[C@H](C[NH2+]Cc1cc(=O)oc2cc(OC)ccc12)c1ccccc1. The van der Waals surface area contributed by atoms with Crippen LogP contribution in [0.5, 0.6) is 5.75 Å². The second-order valence-corrected chi connectivity index (χ2v) is 7.01. The van der Waals surface area contributed by atoms with E-state index in [0.29, 0.717) is 17.4 Å². The van der Waals surface area contributed by atoms with Crippen LogP contribution in [-0.2, 0) is 6.54 Å². The zero-order valence-corrected chi connectivity index (χ0v) is 16.9. The summed E-state index contributed by atoms with van der Waals surface area (Å²) >= 11 is 0. The van der Waals surface area contributed by atoms with Crippen molar-refractivity contribution in [3.05, 3.63) is 76.1 Å². The van der Waals surface area contributed by atoms with E-state index in [9.17, 15) is 4.79 Å². The van der Waals surface area contributed by atoms with Crippen molar-refractivity contribution in [2.24, 2.45) is 0 Å². The van der Waals surface area contributed by atoms with Gasteiger partial charge in [-0.1, -0.05) is 30.3 Å². The molecule has 2 aromatic carbocycles. The number of hydrogen-bond acceptors (Lipinski definition) is 3. The molecule has 0 bridgehead atoms. The summed E-state index contributed by atoms with van der Waals surface area (Å²) in [5.74, 6) is 0.686. The molecule has 0 fully saturated rings. The lowest BCUT2D eigenvalue weighted by Gasteiger charge is -2.25. The number of nitrogens with one attached hydrogen (secondary N) is 1. The Balaban J connectivity index is 1.79. The number of likely N-dealkylation sites (N-methyl/N-ethyl adjacent to an activating group) is 1. The number of fused-ring (bicyclic) bond motifs is 1. The second kappa shape index (κ2) is 9.53. The summed E-state index contributed by atoms with van der Waals surface area (Å²) < 4.78 is 10.6. The minimum atomic E-state index is -0.321. The van der Waals surface area contributed by atoms with E-state index in [1.165, 1.54) is 5.56 Å². The lowest BCUT2D eigenvalue weighted by atomic mass is 10.0. The molecule has 0 aliphatic heterocycles. The third-order valence-corrected chi connectivity index (χ3v) is 5.41. The van der Waals surface area contributed by atoms with Crippen LogP contribution in [0.15, 0.2) is 63.8 Å². The lowest BCUT2D eigenvalue weighted by Crippen LogP contribution is -3.14. The van der Waals surface area contributed by atoms with Gasteiger partial charge in [0.1, 0.15) is 24.4 Å². The fourth-order valence-corrected chi connectivity index (χ4v) is 3.88. The Morgan fingerprint density at radius 2 is 1.82 bits per heavy atom. The summed E-state index contributed by atoms with van der Waals surface area (Å²) in [6.45, 7) is 8.33. The van der Waals surface area contributed by atoms with E-state index >= 15 is 0 Å². The van der Waals surface area contributed by atoms with Crippen molar-refractivity contribution >= 4 is 11.0 Å². The summed E-state index contributed by atoms with van der Waals surface area (Å²) in [6.07, 6.45) is 0. The molecule has 0 radical (unpaired) electrons. The lowest BCUT2D eigenvalue weighted by molar-refractivity contribution is -0.943. The zero-order valence-electron chi connectivity index (χ0n) is 16.9.